The number of rotatable bonds is 9. The van der Waals surface area contributed by atoms with E-state index in [9.17, 15) is 4.57 Å². The minimum absolute atomic E-state index is 0.286. The average Bonchev–Trinajstić information content (AvgIpc) is 2.61. The molecule has 2 aromatic carbocycles. The Morgan fingerprint density at radius 1 is 1.00 bits per heavy atom. The van der Waals surface area contributed by atoms with Crippen molar-refractivity contribution >= 4 is 24.4 Å². The molecular formula is C21H27O4P. The Kier molecular flexibility index (Phi) is 7.65. The van der Waals surface area contributed by atoms with E-state index in [0.717, 1.165) is 11.1 Å². The van der Waals surface area contributed by atoms with Gasteiger partial charge in [-0.25, -0.2) is 0 Å². The predicted molar refractivity (Wildman–Crippen MR) is 108 cm³/mol. The zero-order valence-corrected chi connectivity index (χ0v) is 16.8. The lowest BCUT2D eigenvalue weighted by Gasteiger charge is -2.21. The highest BCUT2D eigenvalue weighted by atomic mass is 31.2. The zero-order valence-electron chi connectivity index (χ0n) is 15.9. The van der Waals surface area contributed by atoms with E-state index in [-0.39, 0.29) is 6.61 Å². The van der Waals surface area contributed by atoms with E-state index in [4.69, 9.17) is 13.8 Å². The van der Waals surface area contributed by atoms with Crippen LogP contribution in [0, 0.1) is 0 Å². The molecule has 0 amide bonds. The first-order valence-corrected chi connectivity index (χ1v) is 10.4. The van der Waals surface area contributed by atoms with Crippen LogP contribution in [0.3, 0.4) is 0 Å². The van der Waals surface area contributed by atoms with Gasteiger partial charge in [0, 0.05) is 0 Å². The van der Waals surface area contributed by atoms with Crippen LogP contribution in [0.1, 0.15) is 33.3 Å². The SMILES string of the molecule is CCOP(=O)(OCC)C(OC/C=C/c1cccc2ccccc12)=C(C)C. The minimum Gasteiger partial charge on any atom is -0.482 e. The summed E-state index contributed by atoms with van der Waals surface area (Å²) >= 11 is 0. The molecule has 4 nitrogen and oxygen atoms in total. The number of allylic oxidation sites excluding steroid dienone is 1. The molecule has 0 aliphatic carbocycles. The third-order valence-electron chi connectivity index (χ3n) is 3.71. The fourth-order valence-electron chi connectivity index (χ4n) is 2.69. The Hall–Kier alpha value is -1.87. The smallest absolute Gasteiger partial charge is 0.395 e. The predicted octanol–water partition coefficient (Wildman–Crippen LogP) is 6.39. The molecule has 0 radical (unpaired) electrons. The van der Waals surface area contributed by atoms with Crippen LogP contribution in [0.4, 0.5) is 0 Å². The number of benzene rings is 2. The molecule has 0 fully saturated rings. The van der Waals surface area contributed by atoms with Crippen LogP contribution in [-0.4, -0.2) is 19.8 Å². The van der Waals surface area contributed by atoms with E-state index in [2.05, 4.69) is 24.3 Å². The Labute approximate surface area is 156 Å². The molecule has 0 aliphatic rings. The van der Waals surface area contributed by atoms with Gasteiger partial charge >= 0.3 is 7.60 Å². The lowest BCUT2D eigenvalue weighted by molar-refractivity contribution is 0.188. The van der Waals surface area contributed by atoms with E-state index in [0.29, 0.717) is 18.7 Å². The maximum atomic E-state index is 12.9. The second-order valence-electron chi connectivity index (χ2n) is 5.92. The third-order valence-corrected chi connectivity index (χ3v) is 5.98. The van der Waals surface area contributed by atoms with Gasteiger partial charge in [0.2, 0.25) is 5.50 Å². The average molecular weight is 374 g/mol. The molecule has 0 spiro atoms. The lowest BCUT2D eigenvalue weighted by Crippen LogP contribution is -2.04. The van der Waals surface area contributed by atoms with Crippen molar-refractivity contribution in [2.75, 3.05) is 19.8 Å². The summed E-state index contributed by atoms with van der Waals surface area (Å²) in [4.78, 5) is 0. The Balaban J connectivity index is 2.14. The molecule has 0 aromatic heterocycles. The topological polar surface area (TPSA) is 44.8 Å². The molecule has 0 N–H and O–H groups in total. The summed E-state index contributed by atoms with van der Waals surface area (Å²) in [6, 6.07) is 14.4. The van der Waals surface area contributed by atoms with Gasteiger partial charge in [0.15, 0.2) is 0 Å². The molecule has 0 saturated heterocycles. The van der Waals surface area contributed by atoms with Gasteiger partial charge < -0.3 is 13.8 Å². The van der Waals surface area contributed by atoms with Crippen LogP contribution >= 0.6 is 7.60 Å². The minimum atomic E-state index is -3.41. The molecule has 0 bridgehead atoms. The first-order valence-electron chi connectivity index (χ1n) is 8.86. The van der Waals surface area contributed by atoms with Crippen molar-refractivity contribution < 1.29 is 18.3 Å². The largest absolute Gasteiger partial charge is 0.482 e. The van der Waals surface area contributed by atoms with E-state index >= 15 is 0 Å². The van der Waals surface area contributed by atoms with Crippen molar-refractivity contribution in [2.45, 2.75) is 27.7 Å². The molecule has 0 heterocycles. The fraction of sp³-hybridized carbons (Fsp3) is 0.333. The lowest BCUT2D eigenvalue weighted by atomic mass is 10.0. The monoisotopic (exact) mass is 374 g/mol. The van der Waals surface area contributed by atoms with Crippen LogP contribution in [0.2, 0.25) is 0 Å². The number of hydrogen-bond acceptors (Lipinski definition) is 4. The summed E-state index contributed by atoms with van der Waals surface area (Å²) in [6.07, 6.45) is 3.92. The number of hydrogen-bond donors (Lipinski definition) is 0. The molecule has 2 rings (SSSR count). The Morgan fingerprint density at radius 2 is 1.65 bits per heavy atom. The van der Waals surface area contributed by atoms with E-state index in [1.807, 2.05) is 44.2 Å². The van der Waals surface area contributed by atoms with Gasteiger partial charge in [0.1, 0.15) is 6.61 Å². The van der Waals surface area contributed by atoms with Crippen molar-refractivity contribution in [2.24, 2.45) is 0 Å². The summed E-state index contributed by atoms with van der Waals surface area (Å²) in [6.45, 7) is 8.13. The molecule has 26 heavy (non-hydrogen) atoms. The van der Waals surface area contributed by atoms with Gasteiger partial charge in [-0.1, -0.05) is 48.5 Å². The maximum Gasteiger partial charge on any atom is 0.395 e. The maximum absolute atomic E-state index is 12.9. The van der Waals surface area contributed by atoms with Crippen molar-refractivity contribution in [3.05, 3.63) is 65.2 Å². The summed E-state index contributed by atoms with van der Waals surface area (Å²) in [5.74, 6) is 0. The quantitative estimate of drug-likeness (QED) is 0.377. The zero-order chi connectivity index (χ0) is 19.0. The second-order valence-corrected chi connectivity index (χ2v) is 7.84. The van der Waals surface area contributed by atoms with Crippen molar-refractivity contribution in [1.82, 2.24) is 0 Å². The van der Waals surface area contributed by atoms with Crippen molar-refractivity contribution in [3.63, 3.8) is 0 Å². The first-order chi connectivity index (χ1) is 12.5. The molecule has 0 saturated carbocycles. The highest BCUT2D eigenvalue weighted by molar-refractivity contribution is 7.58. The summed E-state index contributed by atoms with van der Waals surface area (Å²) in [5, 5.41) is 2.38. The molecule has 0 unspecified atom stereocenters. The molecule has 0 aliphatic heterocycles. The molecular weight excluding hydrogens is 347 g/mol. The highest BCUT2D eigenvalue weighted by Gasteiger charge is 2.32. The number of ether oxygens (including phenoxy) is 1. The van der Waals surface area contributed by atoms with Gasteiger partial charge in [-0.2, -0.15) is 0 Å². The Morgan fingerprint density at radius 3 is 2.31 bits per heavy atom. The summed E-state index contributed by atoms with van der Waals surface area (Å²) in [7, 11) is -3.41. The summed E-state index contributed by atoms with van der Waals surface area (Å²) in [5.41, 5.74) is 2.20. The number of fused-ring (bicyclic) bond motifs is 1. The van der Waals surface area contributed by atoms with Gasteiger partial charge in [-0.15, -0.1) is 0 Å². The van der Waals surface area contributed by atoms with Crippen LogP contribution in [0.5, 0.6) is 0 Å². The van der Waals surface area contributed by atoms with Gasteiger partial charge in [0.25, 0.3) is 0 Å². The van der Waals surface area contributed by atoms with Gasteiger partial charge in [-0.05, 0) is 55.7 Å². The van der Waals surface area contributed by atoms with E-state index in [1.54, 1.807) is 13.8 Å². The second kappa shape index (κ2) is 9.72. The molecule has 5 heteroatoms. The third kappa shape index (κ3) is 5.07. The van der Waals surface area contributed by atoms with Gasteiger partial charge in [0.05, 0.1) is 13.2 Å². The van der Waals surface area contributed by atoms with Crippen LogP contribution in [-0.2, 0) is 18.3 Å². The van der Waals surface area contributed by atoms with Gasteiger partial charge in [-0.3, -0.25) is 4.57 Å². The molecule has 140 valence electrons. The fourth-order valence-corrected chi connectivity index (χ4v) is 4.46. The normalized spacial score (nSPS) is 11.8. The standard InChI is InChI=1S/C21H27O4P/c1-5-24-26(22,25-6-2)21(17(3)4)23-16-10-14-19-13-9-12-18-11-7-8-15-20(18)19/h7-15H,5-6,16H2,1-4H3/b14-10+. The molecule has 0 atom stereocenters. The van der Waals surface area contributed by atoms with E-state index in [1.165, 1.54) is 10.8 Å². The van der Waals surface area contributed by atoms with Crippen molar-refractivity contribution in [3.8, 4) is 0 Å². The first kappa shape index (κ1) is 20.4. The Bertz CT molecular complexity index is 820. The molecule has 2 aromatic rings. The van der Waals surface area contributed by atoms with Crippen LogP contribution in [0.15, 0.2) is 59.6 Å². The summed E-state index contributed by atoms with van der Waals surface area (Å²) < 4.78 is 29.5. The van der Waals surface area contributed by atoms with Crippen LogP contribution in [0.25, 0.3) is 16.8 Å². The van der Waals surface area contributed by atoms with Crippen LogP contribution < -0.4 is 0 Å². The van der Waals surface area contributed by atoms with Crippen molar-refractivity contribution in [1.29, 1.82) is 0 Å². The highest BCUT2D eigenvalue weighted by Crippen LogP contribution is 2.57. The van der Waals surface area contributed by atoms with E-state index < -0.39 is 7.60 Å².